The number of benzene rings is 4. The van der Waals surface area contributed by atoms with Gasteiger partial charge in [-0.25, -0.2) is 9.59 Å². The molecule has 0 saturated carbocycles. The zero-order valence-corrected chi connectivity index (χ0v) is 22.8. The average Bonchev–Trinajstić information content (AvgIpc) is 2.83. The van der Waals surface area contributed by atoms with Gasteiger partial charge in [0.2, 0.25) is 0 Å². The van der Waals surface area contributed by atoms with Gasteiger partial charge in [0.1, 0.15) is 35.9 Å². The van der Waals surface area contributed by atoms with Crippen LogP contribution in [0.2, 0.25) is 0 Å². The van der Waals surface area contributed by atoms with Crippen LogP contribution in [0.25, 0.3) is 21.5 Å². The summed E-state index contributed by atoms with van der Waals surface area (Å²) in [6.45, 7) is 11.8. The van der Waals surface area contributed by atoms with Crippen LogP contribution < -0.4 is 9.47 Å². The van der Waals surface area contributed by atoms with E-state index < -0.39 is 11.2 Å². The molecule has 0 aromatic heterocycles. The Morgan fingerprint density at radius 1 is 0.526 bits per heavy atom. The van der Waals surface area contributed by atoms with Crippen LogP contribution in [0.4, 0.5) is 0 Å². The van der Waals surface area contributed by atoms with Crippen molar-refractivity contribution < 1.29 is 28.5 Å². The first kappa shape index (κ1) is 27.0. The predicted octanol–water partition coefficient (Wildman–Crippen LogP) is 7.36. The quantitative estimate of drug-likeness (QED) is 0.190. The summed E-state index contributed by atoms with van der Waals surface area (Å²) in [6, 6.07) is 22.4. The maximum atomic E-state index is 12.3. The number of rotatable bonds is 7. The molecule has 0 bridgehead atoms. The third kappa shape index (κ3) is 7.25. The Balaban J connectivity index is 1.32. The Kier molecular flexibility index (Phi) is 7.63. The van der Waals surface area contributed by atoms with Crippen LogP contribution >= 0.6 is 0 Å². The third-order valence-corrected chi connectivity index (χ3v) is 5.51. The highest BCUT2D eigenvalue weighted by Gasteiger charge is 2.19. The van der Waals surface area contributed by atoms with Crippen molar-refractivity contribution in [1.29, 1.82) is 0 Å². The molecular weight excluding hydrogens is 480 g/mol. The Labute approximate surface area is 223 Å². The van der Waals surface area contributed by atoms with Crippen LogP contribution in [0.3, 0.4) is 0 Å². The molecule has 0 fully saturated rings. The Morgan fingerprint density at radius 3 is 1.24 bits per heavy atom. The molecule has 0 spiro atoms. The van der Waals surface area contributed by atoms with E-state index in [-0.39, 0.29) is 11.9 Å². The van der Waals surface area contributed by atoms with E-state index in [4.69, 9.17) is 18.9 Å². The topological polar surface area (TPSA) is 71.1 Å². The second-order valence-corrected chi connectivity index (χ2v) is 11.1. The van der Waals surface area contributed by atoms with E-state index in [1.807, 2.05) is 102 Å². The smallest absolute Gasteiger partial charge is 0.338 e. The van der Waals surface area contributed by atoms with Gasteiger partial charge in [-0.3, -0.25) is 0 Å². The molecule has 6 nitrogen and oxygen atoms in total. The molecule has 38 heavy (non-hydrogen) atoms. The number of esters is 2. The minimum Gasteiger partial charge on any atom is -0.490 e. The predicted molar refractivity (Wildman–Crippen MR) is 149 cm³/mol. The first-order chi connectivity index (χ1) is 17.9. The molecule has 4 aromatic carbocycles. The molecular formula is C32H34O6. The average molecular weight is 515 g/mol. The number of hydrogen-bond donors (Lipinski definition) is 0. The summed E-state index contributed by atoms with van der Waals surface area (Å²) in [4.78, 5) is 24.7. The van der Waals surface area contributed by atoms with Crippen LogP contribution in [-0.4, -0.2) is 36.4 Å². The van der Waals surface area contributed by atoms with Crippen molar-refractivity contribution in [3.63, 3.8) is 0 Å². The Morgan fingerprint density at radius 2 is 0.868 bits per heavy atom. The lowest BCUT2D eigenvalue weighted by molar-refractivity contribution is 0.00572. The van der Waals surface area contributed by atoms with Crippen LogP contribution in [0.5, 0.6) is 11.5 Å². The van der Waals surface area contributed by atoms with Crippen molar-refractivity contribution >= 4 is 33.5 Å². The minimum absolute atomic E-state index is 0.339. The lowest BCUT2D eigenvalue weighted by Crippen LogP contribution is -2.23. The molecule has 0 amide bonds. The molecule has 0 radical (unpaired) electrons. The van der Waals surface area contributed by atoms with Crippen LogP contribution in [0, 0.1) is 0 Å². The largest absolute Gasteiger partial charge is 0.490 e. The molecule has 0 atom stereocenters. The zero-order chi connectivity index (χ0) is 27.5. The van der Waals surface area contributed by atoms with Crippen molar-refractivity contribution in [3.8, 4) is 11.5 Å². The summed E-state index contributed by atoms with van der Waals surface area (Å²) in [7, 11) is 0. The van der Waals surface area contributed by atoms with Gasteiger partial charge in [-0.2, -0.15) is 0 Å². The highest BCUT2D eigenvalue weighted by Crippen LogP contribution is 2.25. The second kappa shape index (κ2) is 10.7. The second-order valence-electron chi connectivity index (χ2n) is 11.1. The van der Waals surface area contributed by atoms with Gasteiger partial charge < -0.3 is 18.9 Å². The van der Waals surface area contributed by atoms with Crippen LogP contribution in [-0.2, 0) is 9.47 Å². The number of fused-ring (bicyclic) bond motifs is 2. The third-order valence-electron chi connectivity index (χ3n) is 5.51. The van der Waals surface area contributed by atoms with Crippen molar-refractivity contribution in [2.75, 3.05) is 13.2 Å². The Bertz CT molecular complexity index is 1360. The SMILES string of the molecule is CC(C)(C)OC(=O)c1ccc2cc(OCCOc3ccc4cc(C(=O)OC(C)(C)C)ccc4c3)ccc2c1. The van der Waals surface area contributed by atoms with Gasteiger partial charge in [0, 0.05) is 0 Å². The Hall–Kier alpha value is -4.06. The van der Waals surface area contributed by atoms with Gasteiger partial charge in [-0.1, -0.05) is 24.3 Å². The monoisotopic (exact) mass is 514 g/mol. The first-order valence-electron chi connectivity index (χ1n) is 12.7. The van der Waals surface area contributed by atoms with E-state index in [0.29, 0.717) is 24.3 Å². The minimum atomic E-state index is -0.538. The van der Waals surface area contributed by atoms with E-state index in [1.54, 1.807) is 12.1 Å². The number of ether oxygens (including phenoxy) is 4. The molecule has 0 heterocycles. The lowest BCUT2D eigenvalue weighted by atomic mass is 10.1. The normalized spacial score (nSPS) is 11.8. The van der Waals surface area contributed by atoms with Gasteiger partial charge in [-0.15, -0.1) is 0 Å². The summed E-state index contributed by atoms with van der Waals surface area (Å²) in [5, 5.41) is 3.80. The molecule has 4 rings (SSSR count). The molecule has 0 saturated heterocycles. The lowest BCUT2D eigenvalue weighted by Gasteiger charge is -2.19. The summed E-state index contributed by atoms with van der Waals surface area (Å²) in [6.07, 6.45) is 0. The molecule has 0 aliphatic heterocycles. The molecule has 0 unspecified atom stereocenters. The zero-order valence-electron chi connectivity index (χ0n) is 22.8. The summed E-state index contributed by atoms with van der Waals surface area (Å²) >= 11 is 0. The van der Waals surface area contributed by atoms with Gasteiger partial charge in [0.15, 0.2) is 0 Å². The first-order valence-corrected chi connectivity index (χ1v) is 12.7. The fourth-order valence-electron chi connectivity index (χ4n) is 3.87. The summed E-state index contributed by atoms with van der Waals surface area (Å²) in [5.41, 5.74) is -0.0367. The van der Waals surface area contributed by atoms with Crippen molar-refractivity contribution in [2.45, 2.75) is 52.7 Å². The number of hydrogen-bond acceptors (Lipinski definition) is 6. The number of carbonyl (C=O) groups is 2. The highest BCUT2D eigenvalue weighted by molar-refractivity contribution is 5.96. The van der Waals surface area contributed by atoms with E-state index in [1.165, 1.54) is 0 Å². The fraction of sp³-hybridized carbons (Fsp3) is 0.312. The molecule has 0 aliphatic rings. The van der Waals surface area contributed by atoms with E-state index in [9.17, 15) is 9.59 Å². The van der Waals surface area contributed by atoms with Crippen LogP contribution in [0.15, 0.2) is 72.8 Å². The molecule has 198 valence electrons. The van der Waals surface area contributed by atoms with Gasteiger partial charge in [-0.05, 0) is 112 Å². The molecule has 0 aliphatic carbocycles. The van der Waals surface area contributed by atoms with Crippen molar-refractivity contribution in [3.05, 3.63) is 83.9 Å². The number of carbonyl (C=O) groups excluding carboxylic acids is 2. The summed E-state index contributed by atoms with van der Waals surface area (Å²) < 4.78 is 22.7. The van der Waals surface area contributed by atoms with Gasteiger partial charge >= 0.3 is 11.9 Å². The van der Waals surface area contributed by atoms with E-state index in [2.05, 4.69) is 0 Å². The van der Waals surface area contributed by atoms with Gasteiger partial charge in [0.25, 0.3) is 0 Å². The highest BCUT2D eigenvalue weighted by atomic mass is 16.6. The van der Waals surface area contributed by atoms with Gasteiger partial charge in [0.05, 0.1) is 11.1 Å². The maximum Gasteiger partial charge on any atom is 0.338 e. The molecule has 4 aromatic rings. The maximum absolute atomic E-state index is 12.3. The fourth-order valence-corrected chi connectivity index (χ4v) is 3.87. The van der Waals surface area contributed by atoms with Crippen molar-refractivity contribution in [1.82, 2.24) is 0 Å². The van der Waals surface area contributed by atoms with E-state index >= 15 is 0 Å². The van der Waals surface area contributed by atoms with Crippen LogP contribution in [0.1, 0.15) is 62.3 Å². The van der Waals surface area contributed by atoms with E-state index in [0.717, 1.165) is 33.0 Å². The standard InChI is InChI=1S/C32H34O6/c1-31(2,3)37-29(33)25-9-7-23-19-27(13-11-21(23)17-25)35-15-16-36-28-14-12-22-18-26(10-8-24(22)20-28)30(34)38-32(4,5)6/h7-14,17-20H,15-16H2,1-6H3. The molecule has 0 N–H and O–H groups in total. The summed E-state index contributed by atoms with van der Waals surface area (Å²) in [5.74, 6) is 0.765. The molecule has 6 heteroatoms. The van der Waals surface area contributed by atoms with Crippen molar-refractivity contribution in [2.24, 2.45) is 0 Å².